The fourth-order valence-electron chi connectivity index (χ4n) is 3.76. The molecule has 7 nitrogen and oxygen atoms in total. The first-order valence-corrected chi connectivity index (χ1v) is 10.9. The van der Waals surface area contributed by atoms with Gasteiger partial charge >= 0.3 is 0 Å². The van der Waals surface area contributed by atoms with Gasteiger partial charge in [0.25, 0.3) is 5.91 Å². The van der Waals surface area contributed by atoms with Crippen molar-refractivity contribution in [1.29, 1.82) is 0 Å². The molecule has 34 heavy (non-hydrogen) atoms. The highest BCUT2D eigenvalue weighted by molar-refractivity contribution is 6.00. The van der Waals surface area contributed by atoms with E-state index in [9.17, 15) is 4.79 Å². The van der Waals surface area contributed by atoms with Crippen LogP contribution in [0.2, 0.25) is 0 Å². The molecule has 0 aliphatic heterocycles. The van der Waals surface area contributed by atoms with E-state index in [2.05, 4.69) is 5.32 Å². The summed E-state index contributed by atoms with van der Waals surface area (Å²) in [6.07, 6.45) is 1.77. The second-order valence-corrected chi connectivity index (χ2v) is 7.64. The van der Waals surface area contributed by atoms with Gasteiger partial charge in [-0.2, -0.15) is 5.10 Å². The number of ether oxygens (including phenoxy) is 3. The number of methoxy groups -OCH3 is 3. The molecule has 3 aromatic carbocycles. The Hall–Kier alpha value is -4.26. The minimum atomic E-state index is -0.227. The van der Waals surface area contributed by atoms with E-state index in [1.807, 2.05) is 66.7 Å². The van der Waals surface area contributed by atoms with Crippen LogP contribution >= 0.6 is 0 Å². The second kappa shape index (κ2) is 10.6. The van der Waals surface area contributed by atoms with E-state index in [0.29, 0.717) is 35.8 Å². The van der Waals surface area contributed by atoms with Crippen LogP contribution in [0.15, 0.2) is 79.0 Å². The lowest BCUT2D eigenvalue weighted by molar-refractivity contribution is 0.0951. The van der Waals surface area contributed by atoms with E-state index in [0.717, 1.165) is 22.4 Å². The summed E-state index contributed by atoms with van der Waals surface area (Å²) < 4.78 is 18.0. The van der Waals surface area contributed by atoms with Crippen molar-refractivity contribution in [3.63, 3.8) is 0 Å². The molecule has 4 aromatic rings. The standard InChI is InChI=1S/C27H27N3O4/c1-32-23-12-8-7-11-21(23)16-28-27(31)22-18-30(17-19-9-5-4-6-10-19)29-26(22)20-13-14-24(33-2)25(15-20)34-3/h4-15,18H,16-17H2,1-3H3,(H,28,31). The van der Waals surface area contributed by atoms with Crippen LogP contribution in [0, 0.1) is 0 Å². The van der Waals surface area contributed by atoms with Crippen LogP contribution in [0.3, 0.4) is 0 Å². The summed E-state index contributed by atoms with van der Waals surface area (Å²) in [4.78, 5) is 13.3. The zero-order valence-corrected chi connectivity index (χ0v) is 19.4. The number of benzene rings is 3. The summed E-state index contributed by atoms with van der Waals surface area (Å²) in [5, 5.41) is 7.75. The number of aromatic nitrogens is 2. The van der Waals surface area contributed by atoms with Crippen molar-refractivity contribution < 1.29 is 19.0 Å². The SMILES string of the molecule is COc1ccccc1CNC(=O)c1cn(Cc2ccccc2)nc1-c1ccc(OC)c(OC)c1. The first kappa shape index (κ1) is 22.9. The van der Waals surface area contributed by atoms with Crippen LogP contribution in [0.1, 0.15) is 21.5 Å². The van der Waals surface area contributed by atoms with Crippen molar-refractivity contribution in [3.8, 4) is 28.5 Å². The molecule has 4 rings (SSSR count). The molecule has 0 saturated carbocycles. The molecule has 1 amide bonds. The van der Waals surface area contributed by atoms with Gasteiger partial charge in [-0.05, 0) is 29.8 Å². The van der Waals surface area contributed by atoms with Crippen LogP contribution in [0.4, 0.5) is 0 Å². The summed E-state index contributed by atoms with van der Waals surface area (Å²) in [5.74, 6) is 1.67. The highest BCUT2D eigenvalue weighted by atomic mass is 16.5. The predicted octanol–water partition coefficient (Wildman–Crippen LogP) is 4.55. The minimum absolute atomic E-state index is 0.227. The monoisotopic (exact) mass is 457 g/mol. The van der Waals surface area contributed by atoms with Crippen LogP contribution in [0.5, 0.6) is 17.2 Å². The Labute approximate surface area is 198 Å². The Morgan fingerprint density at radius 2 is 1.56 bits per heavy atom. The third-order valence-corrected chi connectivity index (χ3v) is 5.48. The van der Waals surface area contributed by atoms with Crippen molar-refractivity contribution in [2.24, 2.45) is 0 Å². The summed E-state index contributed by atoms with van der Waals surface area (Å²) >= 11 is 0. The summed E-state index contributed by atoms with van der Waals surface area (Å²) in [7, 11) is 4.78. The van der Waals surface area contributed by atoms with Gasteiger partial charge in [0.15, 0.2) is 11.5 Å². The van der Waals surface area contributed by atoms with Crippen molar-refractivity contribution in [2.75, 3.05) is 21.3 Å². The quantitative estimate of drug-likeness (QED) is 0.399. The van der Waals surface area contributed by atoms with E-state index in [-0.39, 0.29) is 5.91 Å². The van der Waals surface area contributed by atoms with Crippen molar-refractivity contribution in [3.05, 3.63) is 95.7 Å². The molecule has 1 N–H and O–H groups in total. The molecule has 0 atom stereocenters. The molecule has 0 radical (unpaired) electrons. The Balaban J connectivity index is 1.67. The molecule has 174 valence electrons. The third-order valence-electron chi connectivity index (χ3n) is 5.48. The lowest BCUT2D eigenvalue weighted by Gasteiger charge is -2.11. The van der Waals surface area contributed by atoms with Crippen LogP contribution in [-0.4, -0.2) is 37.0 Å². The number of hydrogen-bond acceptors (Lipinski definition) is 5. The molecule has 0 bridgehead atoms. The number of nitrogens with zero attached hydrogens (tertiary/aromatic N) is 2. The summed E-state index contributed by atoms with van der Waals surface area (Å²) in [6, 6.07) is 23.1. The van der Waals surface area contributed by atoms with Gasteiger partial charge in [-0.25, -0.2) is 0 Å². The molecule has 0 fully saturated rings. The van der Waals surface area contributed by atoms with Gasteiger partial charge in [-0.15, -0.1) is 0 Å². The number of rotatable bonds is 9. The molecular weight excluding hydrogens is 430 g/mol. The molecule has 1 heterocycles. The van der Waals surface area contributed by atoms with Gasteiger partial charge in [0.2, 0.25) is 0 Å². The summed E-state index contributed by atoms with van der Waals surface area (Å²) in [6.45, 7) is 0.874. The Bertz CT molecular complexity index is 1270. The Kier molecular flexibility index (Phi) is 7.13. The Morgan fingerprint density at radius 1 is 0.853 bits per heavy atom. The van der Waals surface area contributed by atoms with E-state index >= 15 is 0 Å². The molecule has 7 heteroatoms. The van der Waals surface area contributed by atoms with Gasteiger partial charge in [0.05, 0.1) is 33.4 Å². The molecule has 0 aliphatic carbocycles. The zero-order valence-electron chi connectivity index (χ0n) is 19.4. The number of carbonyl (C=O) groups is 1. The number of nitrogens with one attached hydrogen (secondary N) is 1. The predicted molar refractivity (Wildman–Crippen MR) is 130 cm³/mol. The van der Waals surface area contributed by atoms with Crippen LogP contribution in [-0.2, 0) is 13.1 Å². The number of hydrogen-bond donors (Lipinski definition) is 1. The van der Waals surface area contributed by atoms with Gasteiger partial charge in [0.1, 0.15) is 11.4 Å². The van der Waals surface area contributed by atoms with Crippen molar-refractivity contribution in [2.45, 2.75) is 13.1 Å². The van der Waals surface area contributed by atoms with E-state index in [1.54, 1.807) is 38.3 Å². The van der Waals surface area contributed by atoms with Gasteiger partial charge in [-0.1, -0.05) is 48.5 Å². The topological polar surface area (TPSA) is 74.6 Å². The summed E-state index contributed by atoms with van der Waals surface area (Å²) in [5.41, 5.74) is 3.77. The van der Waals surface area contributed by atoms with Gasteiger partial charge in [-0.3, -0.25) is 9.48 Å². The van der Waals surface area contributed by atoms with Crippen molar-refractivity contribution in [1.82, 2.24) is 15.1 Å². The maximum absolute atomic E-state index is 13.3. The third kappa shape index (κ3) is 5.04. The van der Waals surface area contributed by atoms with Crippen molar-refractivity contribution >= 4 is 5.91 Å². The highest BCUT2D eigenvalue weighted by Gasteiger charge is 2.20. The molecular formula is C27H27N3O4. The largest absolute Gasteiger partial charge is 0.496 e. The number of para-hydroxylation sites is 1. The fourth-order valence-corrected chi connectivity index (χ4v) is 3.76. The maximum Gasteiger partial charge on any atom is 0.255 e. The van der Waals surface area contributed by atoms with Gasteiger partial charge in [0, 0.05) is 23.9 Å². The first-order chi connectivity index (χ1) is 16.6. The first-order valence-electron chi connectivity index (χ1n) is 10.9. The average Bonchev–Trinajstić information content (AvgIpc) is 3.31. The lowest BCUT2D eigenvalue weighted by atomic mass is 10.1. The van der Waals surface area contributed by atoms with Crippen LogP contribution in [0.25, 0.3) is 11.3 Å². The number of amides is 1. The van der Waals surface area contributed by atoms with E-state index in [1.165, 1.54) is 0 Å². The van der Waals surface area contributed by atoms with E-state index < -0.39 is 0 Å². The lowest BCUT2D eigenvalue weighted by Crippen LogP contribution is -2.23. The molecule has 0 saturated heterocycles. The number of carbonyl (C=O) groups excluding carboxylic acids is 1. The van der Waals surface area contributed by atoms with Gasteiger partial charge < -0.3 is 19.5 Å². The average molecular weight is 458 g/mol. The normalized spacial score (nSPS) is 10.6. The maximum atomic E-state index is 13.3. The second-order valence-electron chi connectivity index (χ2n) is 7.64. The smallest absolute Gasteiger partial charge is 0.255 e. The molecule has 0 unspecified atom stereocenters. The minimum Gasteiger partial charge on any atom is -0.496 e. The molecule has 1 aromatic heterocycles. The molecule has 0 aliphatic rings. The van der Waals surface area contributed by atoms with Crippen LogP contribution < -0.4 is 19.5 Å². The fraction of sp³-hybridized carbons (Fsp3) is 0.185. The highest BCUT2D eigenvalue weighted by Crippen LogP contribution is 2.33. The van der Waals surface area contributed by atoms with E-state index in [4.69, 9.17) is 19.3 Å². The molecule has 0 spiro atoms. The Morgan fingerprint density at radius 3 is 2.29 bits per heavy atom. The zero-order chi connectivity index (χ0) is 23.9.